The molecule has 0 atom stereocenters. The van der Waals surface area contributed by atoms with Gasteiger partial charge < -0.3 is 20.7 Å². The summed E-state index contributed by atoms with van der Waals surface area (Å²) in [6.45, 7) is 1.22. The Bertz CT molecular complexity index is 542. The van der Waals surface area contributed by atoms with Crippen LogP contribution in [-0.4, -0.2) is 44.7 Å². The van der Waals surface area contributed by atoms with Gasteiger partial charge in [0, 0.05) is 30.9 Å². The van der Waals surface area contributed by atoms with Crippen LogP contribution in [-0.2, 0) is 9.53 Å². The second kappa shape index (κ2) is 10.1. The van der Waals surface area contributed by atoms with Gasteiger partial charge >= 0.3 is 0 Å². The highest BCUT2D eigenvalue weighted by Gasteiger charge is 2.14. The van der Waals surface area contributed by atoms with Crippen molar-refractivity contribution in [3.63, 3.8) is 0 Å². The number of ether oxygens (including phenoxy) is 1. The van der Waals surface area contributed by atoms with Crippen LogP contribution >= 0.6 is 0 Å². The molecule has 0 aromatic heterocycles. The zero-order chi connectivity index (χ0) is 17.2. The van der Waals surface area contributed by atoms with Gasteiger partial charge in [0.2, 0.25) is 5.91 Å². The number of amides is 2. The van der Waals surface area contributed by atoms with Crippen LogP contribution < -0.4 is 16.0 Å². The van der Waals surface area contributed by atoms with Crippen LogP contribution in [0.4, 0.5) is 5.69 Å². The fraction of sp³-hybridized carbons (Fsp3) is 0.556. The highest BCUT2D eigenvalue weighted by atomic mass is 16.5. The fourth-order valence-corrected chi connectivity index (χ4v) is 2.86. The Hall–Kier alpha value is -1.92. The van der Waals surface area contributed by atoms with Crippen molar-refractivity contribution < 1.29 is 14.3 Å². The number of nitrogens with one attached hydrogen (secondary N) is 3. The number of carbonyl (C=O) groups excluding carboxylic acids is 2. The van der Waals surface area contributed by atoms with Crippen LogP contribution in [0.3, 0.4) is 0 Å². The van der Waals surface area contributed by atoms with E-state index < -0.39 is 0 Å². The van der Waals surface area contributed by atoms with E-state index in [4.69, 9.17) is 4.74 Å². The average molecular weight is 333 g/mol. The molecule has 6 nitrogen and oxygen atoms in total. The molecule has 0 heterocycles. The van der Waals surface area contributed by atoms with Crippen LogP contribution in [0, 0.1) is 0 Å². The lowest BCUT2D eigenvalue weighted by molar-refractivity contribution is -0.115. The second-order valence-electron chi connectivity index (χ2n) is 6.09. The zero-order valence-electron chi connectivity index (χ0n) is 14.3. The van der Waals surface area contributed by atoms with Crippen molar-refractivity contribution in [1.29, 1.82) is 0 Å². The first-order chi connectivity index (χ1) is 11.7. The molecular formula is C18H27N3O3. The van der Waals surface area contributed by atoms with Gasteiger partial charge in [0.15, 0.2) is 0 Å². The van der Waals surface area contributed by atoms with Gasteiger partial charge in [0.05, 0.1) is 13.2 Å². The lowest BCUT2D eigenvalue weighted by Crippen LogP contribution is -2.37. The van der Waals surface area contributed by atoms with Crippen molar-refractivity contribution in [1.82, 2.24) is 10.6 Å². The van der Waals surface area contributed by atoms with E-state index in [1.807, 2.05) is 0 Å². The summed E-state index contributed by atoms with van der Waals surface area (Å²) in [4.78, 5) is 24.1. The molecule has 132 valence electrons. The van der Waals surface area contributed by atoms with Gasteiger partial charge in [0.25, 0.3) is 5.91 Å². The summed E-state index contributed by atoms with van der Waals surface area (Å²) in [6, 6.07) is 7.39. The van der Waals surface area contributed by atoms with E-state index in [0.29, 0.717) is 37.0 Å². The summed E-state index contributed by atoms with van der Waals surface area (Å²) in [5.74, 6) is -0.263. The molecule has 1 fully saturated rings. The molecule has 3 N–H and O–H groups in total. The molecule has 0 spiro atoms. The maximum atomic E-state index is 12.1. The van der Waals surface area contributed by atoms with Gasteiger partial charge in [-0.25, -0.2) is 0 Å². The number of benzene rings is 1. The molecule has 6 heteroatoms. The molecule has 1 aliphatic carbocycles. The maximum Gasteiger partial charge on any atom is 0.251 e. The second-order valence-corrected chi connectivity index (χ2v) is 6.09. The van der Waals surface area contributed by atoms with Crippen LogP contribution in [0.2, 0.25) is 0 Å². The SMILES string of the molecule is COCCNC(=O)c1cccc(NC(=O)CNC2CCCCC2)c1. The summed E-state index contributed by atoms with van der Waals surface area (Å²) in [7, 11) is 1.59. The minimum absolute atomic E-state index is 0.0856. The largest absolute Gasteiger partial charge is 0.383 e. The Morgan fingerprint density at radius 3 is 2.75 bits per heavy atom. The predicted molar refractivity (Wildman–Crippen MR) is 94.2 cm³/mol. The minimum atomic E-state index is -0.177. The predicted octanol–water partition coefficient (Wildman–Crippen LogP) is 1.92. The van der Waals surface area contributed by atoms with Crippen molar-refractivity contribution in [2.24, 2.45) is 0 Å². The summed E-state index contributed by atoms with van der Waals surface area (Å²) in [5.41, 5.74) is 1.15. The van der Waals surface area contributed by atoms with Crippen molar-refractivity contribution in [3.8, 4) is 0 Å². The number of anilines is 1. The Labute approximate surface area is 143 Å². The Balaban J connectivity index is 1.79. The summed E-state index contributed by atoms with van der Waals surface area (Å²) < 4.78 is 4.90. The van der Waals surface area contributed by atoms with Gasteiger partial charge in [-0.15, -0.1) is 0 Å². The quantitative estimate of drug-likeness (QED) is 0.635. The van der Waals surface area contributed by atoms with Crippen LogP contribution in [0.25, 0.3) is 0 Å². The molecule has 0 bridgehead atoms. The number of rotatable bonds is 8. The van der Waals surface area contributed by atoms with Crippen LogP contribution in [0.15, 0.2) is 24.3 Å². The maximum absolute atomic E-state index is 12.1. The van der Waals surface area contributed by atoms with E-state index in [1.54, 1.807) is 31.4 Å². The van der Waals surface area contributed by atoms with E-state index in [0.717, 1.165) is 12.8 Å². The average Bonchev–Trinajstić information content (AvgIpc) is 2.61. The molecule has 1 aromatic carbocycles. The normalized spacial score (nSPS) is 15.0. The summed E-state index contributed by atoms with van der Waals surface area (Å²) in [6.07, 6.45) is 6.05. The topological polar surface area (TPSA) is 79.5 Å². The van der Waals surface area contributed by atoms with E-state index in [2.05, 4.69) is 16.0 Å². The van der Waals surface area contributed by atoms with Crippen LogP contribution in [0.5, 0.6) is 0 Å². The fourth-order valence-electron chi connectivity index (χ4n) is 2.86. The van der Waals surface area contributed by atoms with Gasteiger partial charge in [-0.05, 0) is 31.0 Å². The monoisotopic (exact) mass is 333 g/mol. The molecule has 1 aliphatic rings. The number of hydrogen-bond donors (Lipinski definition) is 3. The van der Waals surface area contributed by atoms with Gasteiger partial charge in [-0.3, -0.25) is 9.59 Å². The third-order valence-electron chi connectivity index (χ3n) is 4.16. The third-order valence-corrected chi connectivity index (χ3v) is 4.16. The zero-order valence-corrected chi connectivity index (χ0v) is 14.3. The number of carbonyl (C=O) groups is 2. The van der Waals surface area contributed by atoms with E-state index in [-0.39, 0.29) is 11.8 Å². The van der Waals surface area contributed by atoms with Gasteiger partial charge in [-0.1, -0.05) is 25.3 Å². The van der Waals surface area contributed by atoms with Crippen molar-refractivity contribution in [2.45, 2.75) is 38.1 Å². The Morgan fingerprint density at radius 1 is 1.21 bits per heavy atom. The van der Waals surface area contributed by atoms with Crippen molar-refractivity contribution >= 4 is 17.5 Å². The van der Waals surface area contributed by atoms with E-state index >= 15 is 0 Å². The Kier molecular flexibility index (Phi) is 7.71. The number of methoxy groups -OCH3 is 1. The first-order valence-corrected chi connectivity index (χ1v) is 8.59. The molecule has 0 saturated heterocycles. The van der Waals surface area contributed by atoms with Crippen molar-refractivity contribution in [2.75, 3.05) is 32.1 Å². The van der Waals surface area contributed by atoms with Crippen LogP contribution in [0.1, 0.15) is 42.5 Å². The molecule has 0 unspecified atom stereocenters. The highest BCUT2D eigenvalue weighted by molar-refractivity contribution is 5.97. The molecular weight excluding hydrogens is 306 g/mol. The molecule has 0 aliphatic heterocycles. The summed E-state index contributed by atoms with van der Waals surface area (Å²) in [5, 5.41) is 8.91. The molecule has 24 heavy (non-hydrogen) atoms. The Morgan fingerprint density at radius 2 is 2.00 bits per heavy atom. The standard InChI is InChI=1S/C18H27N3O3/c1-24-11-10-19-18(23)14-6-5-9-16(12-14)21-17(22)13-20-15-7-3-2-4-8-15/h5-6,9,12,15,20H,2-4,7-8,10-11,13H2,1H3,(H,19,23)(H,21,22). The molecule has 0 radical (unpaired) electrons. The molecule has 1 saturated carbocycles. The highest BCUT2D eigenvalue weighted by Crippen LogP contribution is 2.17. The lowest BCUT2D eigenvalue weighted by atomic mass is 9.95. The first kappa shape index (κ1) is 18.4. The van der Waals surface area contributed by atoms with Gasteiger partial charge in [-0.2, -0.15) is 0 Å². The molecule has 2 amide bonds. The smallest absolute Gasteiger partial charge is 0.251 e. The number of hydrogen-bond acceptors (Lipinski definition) is 4. The van der Waals surface area contributed by atoms with E-state index in [9.17, 15) is 9.59 Å². The summed E-state index contributed by atoms with van der Waals surface area (Å²) >= 11 is 0. The van der Waals surface area contributed by atoms with Crippen molar-refractivity contribution in [3.05, 3.63) is 29.8 Å². The van der Waals surface area contributed by atoms with E-state index in [1.165, 1.54) is 19.3 Å². The first-order valence-electron chi connectivity index (χ1n) is 8.59. The van der Waals surface area contributed by atoms with Gasteiger partial charge in [0.1, 0.15) is 0 Å². The third kappa shape index (κ3) is 6.29. The molecule has 1 aromatic rings. The molecule has 2 rings (SSSR count). The lowest BCUT2D eigenvalue weighted by Gasteiger charge is -2.22. The minimum Gasteiger partial charge on any atom is -0.383 e.